The van der Waals surface area contributed by atoms with Gasteiger partial charge in [0, 0.05) is 0 Å². The van der Waals surface area contributed by atoms with Crippen LogP contribution in [0.25, 0.3) is 11.0 Å². The van der Waals surface area contributed by atoms with E-state index in [4.69, 9.17) is 11.6 Å². The van der Waals surface area contributed by atoms with Crippen LogP contribution in [0, 0.1) is 0 Å². The van der Waals surface area contributed by atoms with E-state index in [-0.39, 0.29) is 11.3 Å². The summed E-state index contributed by atoms with van der Waals surface area (Å²) in [6.07, 6.45) is 0. The SMILES string of the molecule is O=C(Nc1c(Cl)ccc2nsnc12)c1cccc(O)c1O. The summed E-state index contributed by atoms with van der Waals surface area (Å²) in [6.45, 7) is 0. The Bertz CT molecular complexity index is 850. The first-order valence-corrected chi connectivity index (χ1v) is 6.92. The van der Waals surface area contributed by atoms with E-state index >= 15 is 0 Å². The maximum absolute atomic E-state index is 12.2. The summed E-state index contributed by atoms with van der Waals surface area (Å²) < 4.78 is 8.15. The molecule has 0 saturated heterocycles. The fourth-order valence-electron chi connectivity index (χ4n) is 1.84. The molecule has 1 heterocycles. The topological polar surface area (TPSA) is 95.3 Å². The van der Waals surface area contributed by atoms with Gasteiger partial charge in [0.1, 0.15) is 11.0 Å². The van der Waals surface area contributed by atoms with Gasteiger partial charge < -0.3 is 15.5 Å². The standard InChI is InChI=1S/C13H8ClN3O3S/c14-7-4-5-8-11(17-21-16-8)10(7)15-13(20)6-2-1-3-9(18)12(6)19/h1-5,18-19H,(H,15,20). The molecule has 3 N–H and O–H groups in total. The zero-order valence-corrected chi connectivity index (χ0v) is 11.9. The minimum atomic E-state index is -0.606. The Balaban J connectivity index is 2.02. The van der Waals surface area contributed by atoms with E-state index < -0.39 is 11.7 Å². The summed E-state index contributed by atoms with van der Waals surface area (Å²) in [4.78, 5) is 12.2. The van der Waals surface area contributed by atoms with Gasteiger partial charge in [-0.1, -0.05) is 17.7 Å². The number of halogens is 1. The number of nitrogens with zero attached hydrogens (tertiary/aromatic N) is 2. The Morgan fingerprint density at radius 2 is 2.00 bits per heavy atom. The van der Waals surface area contributed by atoms with Crippen LogP contribution in [0.3, 0.4) is 0 Å². The molecule has 0 saturated carbocycles. The average Bonchev–Trinajstić information content (AvgIpc) is 2.93. The molecule has 21 heavy (non-hydrogen) atoms. The van der Waals surface area contributed by atoms with Gasteiger partial charge in [0.25, 0.3) is 5.91 Å². The molecule has 0 spiro atoms. The molecule has 1 amide bonds. The quantitative estimate of drug-likeness (QED) is 0.631. The third-order valence-corrected chi connectivity index (χ3v) is 3.73. The molecule has 8 heteroatoms. The summed E-state index contributed by atoms with van der Waals surface area (Å²) in [5.41, 5.74) is 1.34. The van der Waals surface area contributed by atoms with E-state index in [1.807, 2.05) is 0 Å². The van der Waals surface area contributed by atoms with Crippen molar-refractivity contribution in [1.82, 2.24) is 8.75 Å². The summed E-state index contributed by atoms with van der Waals surface area (Å²) in [6, 6.07) is 7.42. The van der Waals surface area contributed by atoms with Crippen LogP contribution in [0.1, 0.15) is 10.4 Å². The van der Waals surface area contributed by atoms with Crippen LogP contribution in [0.15, 0.2) is 30.3 Å². The molecule has 0 radical (unpaired) electrons. The van der Waals surface area contributed by atoms with Crippen molar-refractivity contribution in [2.24, 2.45) is 0 Å². The van der Waals surface area contributed by atoms with E-state index in [9.17, 15) is 15.0 Å². The van der Waals surface area contributed by atoms with Gasteiger partial charge in [-0.05, 0) is 24.3 Å². The van der Waals surface area contributed by atoms with Gasteiger partial charge in [-0.3, -0.25) is 4.79 Å². The van der Waals surface area contributed by atoms with E-state index in [2.05, 4.69) is 14.1 Å². The number of para-hydroxylation sites is 1. The van der Waals surface area contributed by atoms with Crippen LogP contribution >= 0.6 is 23.3 Å². The van der Waals surface area contributed by atoms with Gasteiger partial charge in [0.05, 0.1) is 28.0 Å². The molecular formula is C13H8ClN3O3S. The number of phenols is 2. The zero-order valence-electron chi connectivity index (χ0n) is 10.4. The second kappa shape index (κ2) is 5.19. The monoisotopic (exact) mass is 321 g/mol. The van der Waals surface area contributed by atoms with Gasteiger partial charge in [-0.2, -0.15) is 8.75 Å². The summed E-state index contributed by atoms with van der Waals surface area (Å²) in [5.74, 6) is -1.47. The van der Waals surface area contributed by atoms with Crippen molar-refractivity contribution in [3.8, 4) is 11.5 Å². The van der Waals surface area contributed by atoms with E-state index in [0.29, 0.717) is 21.7 Å². The predicted octanol–water partition coefficient (Wildman–Crippen LogP) is 3.01. The molecule has 2 aromatic carbocycles. The fraction of sp³-hybridized carbons (Fsp3) is 0. The number of fused-ring (bicyclic) bond motifs is 1. The van der Waals surface area contributed by atoms with Gasteiger partial charge >= 0.3 is 0 Å². The van der Waals surface area contributed by atoms with Crippen molar-refractivity contribution in [2.45, 2.75) is 0 Å². The van der Waals surface area contributed by atoms with Crippen LogP contribution in [0.4, 0.5) is 5.69 Å². The molecular weight excluding hydrogens is 314 g/mol. The van der Waals surface area contributed by atoms with Gasteiger partial charge in [-0.25, -0.2) is 0 Å². The first kappa shape index (κ1) is 13.6. The first-order chi connectivity index (χ1) is 10.1. The Morgan fingerprint density at radius 3 is 2.81 bits per heavy atom. The van der Waals surface area contributed by atoms with Crippen molar-refractivity contribution in [1.29, 1.82) is 0 Å². The van der Waals surface area contributed by atoms with Crippen molar-refractivity contribution < 1.29 is 15.0 Å². The lowest BCUT2D eigenvalue weighted by Gasteiger charge is -2.09. The number of anilines is 1. The number of nitrogens with one attached hydrogen (secondary N) is 1. The molecule has 0 atom stereocenters. The molecule has 3 rings (SSSR count). The highest BCUT2D eigenvalue weighted by atomic mass is 35.5. The highest BCUT2D eigenvalue weighted by Crippen LogP contribution is 2.32. The number of hydrogen-bond donors (Lipinski definition) is 3. The van der Waals surface area contributed by atoms with Crippen molar-refractivity contribution in [2.75, 3.05) is 5.32 Å². The molecule has 0 unspecified atom stereocenters. The van der Waals surface area contributed by atoms with Crippen molar-refractivity contribution >= 4 is 46.0 Å². The number of carbonyl (C=O) groups excluding carboxylic acids is 1. The molecule has 0 bridgehead atoms. The number of rotatable bonds is 2. The Hall–Kier alpha value is -2.38. The van der Waals surface area contributed by atoms with Crippen LogP contribution < -0.4 is 5.32 Å². The minimum Gasteiger partial charge on any atom is -0.504 e. The van der Waals surface area contributed by atoms with E-state index in [1.54, 1.807) is 12.1 Å². The molecule has 0 aliphatic rings. The highest BCUT2D eigenvalue weighted by molar-refractivity contribution is 7.00. The summed E-state index contributed by atoms with van der Waals surface area (Å²) >= 11 is 7.08. The summed E-state index contributed by atoms with van der Waals surface area (Å²) in [5, 5.41) is 22.0. The smallest absolute Gasteiger partial charge is 0.259 e. The number of amides is 1. The maximum atomic E-state index is 12.2. The first-order valence-electron chi connectivity index (χ1n) is 5.81. The summed E-state index contributed by atoms with van der Waals surface area (Å²) in [7, 11) is 0. The Morgan fingerprint density at radius 1 is 1.19 bits per heavy atom. The number of hydrogen-bond acceptors (Lipinski definition) is 6. The van der Waals surface area contributed by atoms with E-state index in [1.165, 1.54) is 18.2 Å². The second-order valence-corrected chi connectivity index (χ2v) is 5.12. The highest BCUT2D eigenvalue weighted by Gasteiger charge is 2.17. The number of benzene rings is 2. The van der Waals surface area contributed by atoms with E-state index in [0.717, 1.165) is 11.7 Å². The fourth-order valence-corrected chi connectivity index (χ4v) is 2.58. The molecule has 3 aromatic rings. The second-order valence-electron chi connectivity index (χ2n) is 4.18. The van der Waals surface area contributed by atoms with Crippen LogP contribution in [0.5, 0.6) is 11.5 Å². The molecule has 0 aliphatic carbocycles. The number of aromatic nitrogens is 2. The zero-order chi connectivity index (χ0) is 15.0. The van der Waals surface area contributed by atoms with Crippen LogP contribution in [0.2, 0.25) is 5.02 Å². The van der Waals surface area contributed by atoms with Crippen LogP contribution in [-0.4, -0.2) is 24.9 Å². The number of carbonyl (C=O) groups is 1. The van der Waals surface area contributed by atoms with Crippen molar-refractivity contribution in [3.63, 3.8) is 0 Å². The van der Waals surface area contributed by atoms with Gasteiger partial charge in [0.15, 0.2) is 11.5 Å². The van der Waals surface area contributed by atoms with Crippen molar-refractivity contribution in [3.05, 3.63) is 40.9 Å². The molecule has 106 valence electrons. The lowest BCUT2D eigenvalue weighted by Crippen LogP contribution is -2.12. The normalized spacial score (nSPS) is 10.7. The molecule has 0 fully saturated rings. The van der Waals surface area contributed by atoms with Crippen LogP contribution in [-0.2, 0) is 0 Å². The molecule has 1 aromatic heterocycles. The maximum Gasteiger partial charge on any atom is 0.259 e. The third kappa shape index (κ3) is 2.37. The predicted molar refractivity (Wildman–Crippen MR) is 80.1 cm³/mol. The third-order valence-electron chi connectivity index (χ3n) is 2.87. The lowest BCUT2D eigenvalue weighted by molar-refractivity contribution is 0.102. The minimum absolute atomic E-state index is 0.0636. The van der Waals surface area contributed by atoms with Gasteiger partial charge in [-0.15, -0.1) is 0 Å². The Labute approximate surface area is 128 Å². The largest absolute Gasteiger partial charge is 0.504 e. The molecule has 6 nitrogen and oxygen atoms in total. The number of aromatic hydroxyl groups is 2. The molecule has 0 aliphatic heterocycles. The Kier molecular flexibility index (Phi) is 3.36. The number of phenolic OH excluding ortho intramolecular Hbond substituents is 2. The lowest BCUT2D eigenvalue weighted by atomic mass is 10.1. The average molecular weight is 322 g/mol. The van der Waals surface area contributed by atoms with Gasteiger partial charge in [0.2, 0.25) is 0 Å².